The van der Waals surface area contributed by atoms with Crippen molar-refractivity contribution >= 4 is 64.8 Å². The molecule has 14 nitrogen and oxygen atoms in total. The lowest BCUT2D eigenvalue weighted by molar-refractivity contribution is -0.391. The molecular weight excluding hydrogens is 1110 g/mol. The van der Waals surface area contributed by atoms with Gasteiger partial charge in [0.05, 0.1) is 42.2 Å². The quantitative estimate of drug-likeness (QED) is 0.0347. The third-order valence-corrected chi connectivity index (χ3v) is 15.0. The number of nitrogens with zero attached hydrogens (tertiary/aromatic N) is 3. The van der Waals surface area contributed by atoms with E-state index in [0.717, 1.165) is 89.0 Å². The molecule has 0 aliphatic rings. The van der Waals surface area contributed by atoms with Crippen LogP contribution in [0.1, 0.15) is 174 Å². The highest BCUT2D eigenvalue weighted by Gasteiger charge is 2.33. The van der Waals surface area contributed by atoms with Gasteiger partial charge in [-0.3, -0.25) is 30.3 Å². The predicted octanol–water partition coefficient (Wildman–Crippen LogP) is 16.1. The fourth-order valence-electron chi connectivity index (χ4n) is 9.51. The zero-order valence-corrected chi connectivity index (χ0v) is 57.3. The molecule has 4 aromatic rings. The second-order valence-corrected chi connectivity index (χ2v) is 26.5. The zero-order valence-electron chi connectivity index (χ0n) is 57.3. The van der Waals surface area contributed by atoms with Crippen molar-refractivity contribution < 1.29 is 37.8 Å². The molecule has 88 heavy (non-hydrogen) atoms. The van der Waals surface area contributed by atoms with E-state index >= 15 is 0 Å². The summed E-state index contributed by atoms with van der Waals surface area (Å²) >= 11 is 0. The Morgan fingerprint density at radius 1 is 0.545 bits per heavy atom. The minimum absolute atomic E-state index is 0. The molecule has 0 fully saturated rings. The lowest BCUT2D eigenvalue weighted by atomic mass is 9.67. The molecule has 0 amide bonds. The molecule has 0 heterocycles. The summed E-state index contributed by atoms with van der Waals surface area (Å²) in [6.07, 6.45) is 8.76. The van der Waals surface area contributed by atoms with Crippen LogP contribution < -0.4 is 25.7 Å². The van der Waals surface area contributed by atoms with Gasteiger partial charge in [-0.25, -0.2) is 0 Å². The maximum absolute atomic E-state index is 12.7. The molecule has 5 atom stereocenters. The molecule has 480 valence electrons. The molecule has 0 saturated heterocycles. The van der Waals surface area contributed by atoms with E-state index in [-0.39, 0.29) is 22.2 Å². The number of non-ortho nitro benzene ring substituents is 1. The standard InChI is InChI=1S/C36H72.C10H15NO2.C8H11NO.C6H3FN2O4.C6H4FNO2.2B2.2B/c1-25(2)19-30(34(10,11)12)24-28(5)32(36(16,17)18)23-27(4)22-31(35(13,14)15)21-26(3)20-29(6)33(7,8)9;1-12-9-4-3-8(5-6-11)7-10(9)13-2;1-10-8-4-2-7(6-9)3-5-8;7-5-3-4(8(10)11)1-2-6(5)9(12)13;7-5-3-1-2-4-6(5)8(9)10;2*1-2;;/h25-27,29-31H,19-24H2,1-18H3;3-4,7H,5-6,11H2,1-2H3;2-5H,6,9H2,1H3;1-3H;1-4H;;;;. The van der Waals surface area contributed by atoms with Gasteiger partial charge in [0.2, 0.25) is 11.6 Å². The lowest BCUT2D eigenvalue weighted by Gasteiger charge is -2.38. The van der Waals surface area contributed by atoms with E-state index in [9.17, 15) is 39.1 Å². The van der Waals surface area contributed by atoms with Gasteiger partial charge in [0, 0.05) is 72.5 Å². The Morgan fingerprint density at radius 3 is 1.40 bits per heavy atom. The van der Waals surface area contributed by atoms with Crippen LogP contribution in [0.3, 0.4) is 0 Å². The summed E-state index contributed by atoms with van der Waals surface area (Å²) in [5.74, 6) is 4.94. The van der Waals surface area contributed by atoms with Gasteiger partial charge in [-0.2, -0.15) is 8.78 Å². The van der Waals surface area contributed by atoms with Gasteiger partial charge < -0.3 is 25.7 Å². The Hall–Kier alpha value is -5.61. The van der Waals surface area contributed by atoms with E-state index in [1.807, 2.05) is 42.5 Å². The van der Waals surface area contributed by atoms with E-state index < -0.39 is 43.5 Å². The van der Waals surface area contributed by atoms with Crippen LogP contribution in [0.2, 0.25) is 0 Å². The van der Waals surface area contributed by atoms with Crippen molar-refractivity contribution in [2.75, 3.05) is 27.9 Å². The summed E-state index contributed by atoms with van der Waals surface area (Å²) in [4.78, 5) is 27.7. The molecule has 0 spiro atoms. The lowest BCUT2D eigenvalue weighted by Crippen LogP contribution is -2.27. The number of nitro benzene ring substituents is 3. The number of para-hydroxylation sites is 1. The van der Waals surface area contributed by atoms with Gasteiger partial charge in [0.25, 0.3) is 5.69 Å². The van der Waals surface area contributed by atoms with Crippen LogP contribution >= 0.6 is 0 Å². The first-order chi connectivity index (χ1) is 39.8. The molecule has 4 rings (SSSR count). The third kappa shape index (κ3) is 37.4. The number of allylic oxidation sites excluding steroid dienone is 2. The van der Waals surface area contributed by atoms with E-state index in [0.29, 0.717) is 35.4 Å². The highest BCUT2D eigenvalue weighted by molar-refractivity contribution is 6.76. The average molecular weight is 1220 g/mol. The van der Waals surface area contributed by atoms with Crippen LogP contribution in [-0.4, -0.2) is 90.4 Å². The van der Waals surface area contributed by atoms with Crippen LogP contribution in [-0.2, 0) is 13.0 Å². The van der Waals surface area contributed by atoms with Crippen molar-refractivity contribution in [3.63, 3.8) is 0 Å². The Morgan fingerprint density at radius 2 is 1.02 bits per heavy atom. The summed E-state index contributed by atoms with van der Waals surface area (Å²) < 4.78 is 40.4. The summed E-state index contributed by atoms with van der Waals surface area (Å²) in [6.45, 7) is 45.3. The van der Waals surface area contributed by atoms with Crippen molar-refractivity contribution in [2.24, 2.45) is 68.6 Å². The largest absolute Gasteiger partial charge is 0.497 e. The van der Waals surface area contributed by atoms with Crippen LogP contribution in [0.5, 0.6) is 17.2 Å². The highest BCUT2D eigenvalue weighted by atomic mass is 19.1. The SMILES string of the molecule is CC(CC(CC(C)C)C(C)(C)C)=C(CC(C)CC(CC(C)CC(C)C(C)(C)C)C(C)(C)C)C(C)(C)C.COc1ccc(CCN)cc1OC.COc1ccc(CN)cc1.O=[N+]([O-])c1ccc([N+](=O)[O-])c(F)c1.O=[N+]([O-])c1ccccc1F.[B].[B].[B][B].[B][B]. The molecule has 0 aliphatic carbocycles. The number of hydrogen-bond acceptors (Lipinski definition) is 11. The normalized spacial score (nSPS) is 12.9. The first-order valence-electron chi connectivity index (χ1n) is 29.3. The maximum atomic E-state index is 12.7. The molecule has 4 aromatic carbocycles. The van der Waals surface area contributed by atoms with Crippen LogP contribution in [0, 0.1) is 99.1 Å². The number of benzene rings is 4. The molecular formula is C66H105B6F2N5O9. The Balaban J connectivity index is -0.000000360. The van der Waals surface area contributed by atoms with Crippen molar-refractivity contribution in [1.82, 2.24) is 0 Å². The number of nitro groups is 3. The summed E-state index contributed by atoms with van der Waals surface area (Å²) in [5, 5.41) is 30.2. The average Bonchev–Trinajstić information content (AvgIpc) is 2.33. The van der Waals surface area contributed by atoms with Gasteiger partial charge >= 0.3 is 11.4 Å². The van der Waals surface area contributed by atoms with Crippen molar-refractivity contribution in [3.8, 4) is 17.2 Å². The first-order valence-corrected chi connectivity index (χ1v) is 29.3. The zero-order chi connectivity index (χ0) is 67.5. The Bertz CT molecular complexity index is 2570. The van der Waals surface area contributed by atoms with E-state index in [2.05, 4.69) is 156 Å². The van der Waals surface area contributed by atoms with Crippen LogP contribution in [0.15, 0.2) is 96.1 Å². The van der Waals surface area contributed by atoms with Crippen molar-refractivity contribution in [2.45, 2.75) is 176 Å². The number of halogens is 2. The highest BCUT2D eigenvalue weighted by Crippen LogP contribution is 2.44. The third-order valence-electron chi connectivity index (χ3n) is 15.0. The van der Waals surface area contributed by atoms with E-state index in [1.54, 1.807) is 32.5 Å². The number of rotatable bonds is 21. The fraction of sp³-hybridized carbons (Fsp3) is 0.606. The van der Waals surface area contributed by atoms with Gasteiger partial charge in [-0.05, 0) is 157 Å². The molecule has 5 unspecified atom stereocenters. The van der Waals surface area contributed by atoms with Crippen LogP contribution in [0.25, 0.3) is 0 Å². The predicted molar refractivity (Wildman–Crippen MR) is 368 cm³/mol. The molecule has 4 N–H and O–H groups in total. The second kappa shape index (κ2) is 45.6. The number of methoxy groups -OCH3 is 3. The minimum atomic E-state index is -1.21. The monoisotopic (exact) mass is 1220 g/mol. The Kier molecular flexibility index (Phi) is 47.2. The maximum Gasteiger partial charge on any atom is 0.305 e. The van der Waals surface area contributed by atoms with Crippen molar-refractivity contribution in [3.05, 3.63) is 149 Å². The minimum Gasteiger partial charge on any atom is -0.497 e. The molecule has 0 aromatic heterocycles. The Labute approximate surface area is 539 Å². The molecule has 0 saturated carbocycles. The van der Waals surface area contributed by atoms with E-state index in [4.69, 9.17) is 25.7 Å². The second-order valence-electron chi connectivity index (χ2n) is 26.5. The van der Waals surface area contributed by atoms with Gasteiger partial charge in [-0.1, -0.05) is 159 Å². The summed E-state index contributed by atoms with van der Waals surface area (Å²) in [5.41, 5.74) is 16.2. The number of ether oxygens (including phenoxy) is 3. The van der Waals surface area contributed by atoms with E-state index in [1.165, 1.54) is 56.2 Å². The first kappa shape index (κ1) is 91.1. The fourth-order valence-corrected chi connectivity index (χ4v) is 9.51. The molecule has 0 bridgehead atoms. The topological polar surface area (TPSA) is 209 Å². The summed E-state index contributed by atoms with van der Waals surface area (Å²) in [7, 11) is 20.9. The molecule has 14 radical (unpaired) electrons. The van der Waals surface area contributed by atoms with Gasteiger partial charge in [0.15, 0.2) is 11.5 Å². The van der Waals surface area contributed by atoms with Crippen molar-refractivity contribution in [1.29, 1.82) is 0 Å². The molecule has 22 heteroatoms. The molecule has 0 aliphatic heterocycles. The summed E-state index contributed by atoms with van der Waals surface area (Å²) in [6, 6.07) is 20.7. The van der Waals surface area contributed by atoms with Crippen LogP contribution in [0.4, 0.5) is 25.8 Å². The number of hydrogen-bond donors (Lipinski definition) is 2. The number of nitrogens with two attached hydrogens (primary N) is 2. The van der Waals surface area contributed by atoms with Gasteiger partial charge in [0.1, 0.15) is 5.75 Å². The van der Waals surface area contributed by atoms with Gasteiger partial charge in [-0.15, -0.1) is 0 Å². The smallest absolute Gasteiger partial charge is 0.305 e.